The monoisotopic (exact) mass is 182 g/mol. The summed E-state index contributed by atoms with van der Waals surface area (Å²) in [7, 11) is 0. The molecule has 0 saturated heterocycles. The van der Waals surface area contributed by atoms with Crippen molar-refractivity contribution in [1.82, 2.24) is 0 Å². The van der Waals surface area contributed by atoms with Gasteiger partial charge in [0.25, 0.3) is 0 Å². The molecule has 1 aliphatic carbocycles. The fourth-order valence-corrected chi connectivity index (χ4v) is 0.714. The second-order valence-electron chi connectivity index (χ2n) is 1.39. The summed E-state index contributed by atoms with van der Waals surface area (Å²) in [4.78, 5) is 0. The zero-order valence-corrected chi connectivity index (χ0v) is 7.14. The maximum Gasteiger partial charge on any atom is 0.155 e. The van der Waals surface area contributed by atoms with Crippen molar-refractivity contribution in [1.29, 1.82) is 0 Å². The molecule has 1 aliphatic rings. The Hall–Kier alpha value is 0.774. The van der Waals surface area contributed by atoms with Crippen LogP contribution in [0.15, 0.2) is 24.3 Å². The van der Waals surface area contributed by atoms with Crippen molar-refractivity contribution in [3.8, 4) is 0 Å². The maximum atomic E-state index is 5.56. The summed E-state index contributed by atoms with van der Waals surface area (Å²) in [6.45, 7) is 0. The first-order chi connectivity index (χ1) is 3.21. The minimum absolute atomic E-state index is 0. The number of allylic oxidation sites excluding steroid dienone is 4. The molecular formula is C5H4Cl2Ti. The van der Waals surface area contributed by atoms with Crippen molar-refractivity contribution in [3.63, 3.8) is 0 Å². The van der Waals surface area contributed by atoms with Crippen molar-refractivity contribution in [2.24, 2.45) is 0 Å². The molecular weight excluding hydrogens is 179 g/mol. The van der Waals surface area contributed by atoms with Gasteiger partial charge in [0, 0.05) is 21.7 Å². The molecule has 3 heteroatoms. The quantitative estimate of drug-likeness (QED) is 0.399. The molecule has 0 spiro atoms. The van der Waals surface area contributed by atoms with E-state index < -0.39 is 4.33 Å². The van der Waals surface area contributed by atoms with Crippen LogP contribution in [0.3, 0.4) is 0 Å². The van der Waals surface area contributed by atoms with Crippen molar-refractivity contribution in [2.75, 3.05) is 0 Å². The predicted octanol–water partition coefficient (Wildman–Crippen LogP) is 2.28. The van der Waals surface area contributed by atoms with E-state index in [0.29, 0.717) is 0 Å². The summed E-state index contributed by atoms with van der Waals surface area (Å²) in [5.41, 5.74) is 0. The molecule has 0 nitrogen and oxygen atoms in total. The Morgan fingerprint density at radius 3 is 1.50 bits per heavy atom. The number of hydrogen-bond acceptors (Lipinski definition) is 0. The van der Waals surface area contributed by atoms with Crippen LogP contribution in [0.1, 0.15) is 0 Å². The van der Waals surface area contributed by atoms with Crippen LogP contribution in [0.5, 0.6) is 0 Å². The zero-order valence-electron chi connectivity index (χ0n) is 4.07. The second kappa shape index (κ2) is 3.07. The first-order valence-corrected chi connectivity index (χ1v) is 2.71. The number of halogens is 2. The molecule has 42 valence electrons. The largest absolute Gasteiger partial charge is 0.155 e. The van der Waals surface area contributed by atoms with Gasteiger partial charge in [0.1, 0.15) is 0 Å². The van der Waals surface area contributed by atoms with Crippen LogP contribution in [0.2, 0.25) is 0 Å². The van der Waals surface area contributed by atoms with E-state index in [0.717, 1.165) is 0 Å². The van der Waals surface area contributed by atoms with Crippen LogP contribution >= 0.6 is 23.2 Å². The van der Waals surface area contributed by atoms with E-state index in [9.17, 15) is 0 Å². The molecule has 0 bridgehead atoms. The molecule has 0 atom stereocenters. The molecule has 0 aliphatic heterocycles. The van der Waals surface area contributed by atoms with Crippen LogP contribution < -0.4 is 0 Å². The normalized spacial score (nSPS) is 20.8. The molecule has 0 amide bonds. The summed E-state index contributed by atoms with van der Waals surface area (Å²) in [6, 6.07) is 0. The van der Waals surface area contributed by atoms with Crippen molar-refractivity contribution in [3.05, 3.63) is 24.3 Å². The first-order valence-electron chi connectivity index (χ1n) is 1.96. The Morgan fingerprint density at radius 2 is 1.38 bits per heavy atom. The third-order valence-electron chi connectivity index (χ3n) is 0.748. The molecule has 0 unspecified atom stereocenters. The number of hydrogen-bond donors (Lipinski definition) is 0. The Bertz CT molecular complexity index is 112. The predicted molar refractivity (Wildman–Crippen MR) is 32.7 cm³/mol. The third kappa shape index (κ3) is 2.36. The van der Waals surface area contributed by atoms with Gasteiger partial charge in [-0.25, -0.2) is 0 Å². The summed E-state index contributed by atoms with van der Waals surface area (Å²) in [6.07, 6.45) is 7.08. The molecule has 0 radical (unpaired) electrons. The average molecular weight is 183 g/mol. The van der Waals surface area contributed by atoms with Crippen LogP contribution in [-0.4, -0.2) is 4.33 Å². The van der Waals surface area contributed by atoms with Gasteiger partial charge in [0.05, 0.1) is 0 Å². The third-order valence-corrected chi connectivity index (χ3v) is 1.25. The van der Waals surface area contributed by atoms with Crippen molar-refractivity contribution in [2.45, 2.75) is 4.33 Å². The van der Waals surface area contributed by atoms with E-state index in [1.807, 2.05) is 12.2 Å². The second-order valence-corrected chi connectivity index (χ2v) is 2.84. The molecule has 1 rings (SSSR count). The van der Waals surface area contributed by atoms with Gasteiger partial charge in [0.2, 0.25) is 0 Å². The Morgan fingerprint density at radius 1 is 1.00 bits per heavy atom. The fraction of sp³-hybridized carbons (Fsp3) is 0.200. The van der Waals surface area contributed by atoms with E-state index in [1.54, 1.807) is 12.2 Å². The average Bonchev–Trinajstić information content (AvgIpc) is 1.84. The molecule has 0 aromatic rings. The zero-order chi connectivity index (χ0) is 5.33. The Labute approximate surface area is 73.4 Å². The van der Waals surface area contributed by atoms with Gasteiger partial charge in [-0.3, -0.25) is 0 Å². The van der Waals surface area contributed by atoms with Crippen LogP contribution in [0.4, 0.5) is 0 Å². The number of rotatable bonds is 0. The van der Waals surface area contributed by atoms with E-state index in [1.165, 1.54) is 0 Å². The van der Waals surface area contributed by atoms with Gasteiger partial charge >= 0.3 is 0 Å². The van der Waals surface area contributed by atoms with Crippen molar-refractivity contribution >= 4 is 23.2 Å². The van der Waals surface area contributed by atoms with E-state index >= 15 is 0 Å². The smallest absolute Gasteiger partial charge is 0.0923 e. The van der Waals surface area contributed by atoms with Gasteiger partial charge in [0.15, 0.2) is 4.33 Å². The fourth-order valence-electron chi connectivity index (χ4n) is 0.423. The van der Waals surface area contributed by atoms with E-state index in [2.05, 4.69) is 0 Å². The van der Waals surface area contributed by atoms with Crippen LogP contribution in [0, 0.1) is 0 Å². The molecule has 0 aromatic heterocycles. The van der Waals surface area contributed by atoms with Crippen molar-refractivity contribution < 1.29 is 21.7 Å². The Kier molecular flexibility index (Phi) is 3.37. The Balaban J connectivity index is 0.000000490. The summed E-state index contributed by atoms with van der Waals surface area (Å²) >= 11 is 11.1. The van der Waals surface area contributed by atoms with Gasteiger partial charge in [-0.05, 0) is 12.2 Å². The van der Waals surface area contributed by atoms with Gasteiger partial charge < -0.3 is 0 Å². The molecule has 0 heterocycles. The first kappa shape index (κ1) is 8.77. The molecule has 8 heavy (non-hydrogen) atoms. The van der Waals surface area contributed by atoms with Gasteiger partial charge in [-0.1, -0.05) is 35.4 Å². The molecule has 0 saturated carbocycles. The maximum absolute atomic E-state index is 5.56. The van der Waals surface area contributed by atoms with Crippen LogP contribution in [-0.2, 0) is 21.7 Å². The standard InChI is InChI=1S/C5H4Cl2.Ti/c6-5(7)3-1-2-4-5;/h1-4H;. The molecule has 0 N–H and O–H groups in total. The summed E-state index contributed by atoms with van der Waals surface area (Å²) < 4.78 is -0.722. The minimum Gasteiger partial charge on any atom is -0.0923 e. The van der Waals surface area contributed by atoms with Gasteiger partial charge in [-0.15, -0.1) is 0 Å². The summed E-state index contributed by atoms with van der Waals surface area (Å²) in [5, 5.41) is 0. The molecule has 0 aromatic carbocycles. The number of alkyl halides is 2. The van der Waals surface area contributed by atoms with E-state index in [-0.39, 0.29) is 21.7 Å². The minimum atomic E-state index is -0.722. The topological polar surface area (TPSA) is 0 Å². The van der Waals surface area contributed by atoms with Gasteiger partial charge in [-0.2, -0.15) is 0 Å². The SMILES string of the molecule is ClC1(Cl)C=CC=C1.[Ti]. The molecule has 0 fully saturated rings. The van der Waals surface area contributed by atoms with Crippen LogP contribution in [0.25, 0.3) is 0 Å². The van der Waals surface area contributed by atoms with E-state index in [4.69, 9.17) is 23.2 Å². The summed E-state index contributed by atoms with van der Waals surface area (Å²) in [5.74, 6) is 0.